The predicted octanol–water partition coefficient (Wildman–Crippen LogP) is 7.33. The topological polar surface area (TPSA) is 69.2 Å². The lowest BCUT2D eigenvalue weighted by Gasteiger charge is -2.17. The van der Waals surface area contributed by atoms with Gasteiger partial charge in [-0.05, 0) is 71.8 Å². The third-order valence-corrected chi connectivity index (χ3v) is 6.69. The van der Waals surface area contributed by atoms with Gasteiger partial charge in [0.25, 0.3) is 0 Å². The number of ether oxygens (including phenoxy) is 1. The molecule has 0 aliphatic carbocycles. The third-order valence-electron chi connectivity index (χ3n) is 6.13. The molecule has 0 saturated heterocycles. The fourth-order valence-corrected chi connectivity index (χ4v) is 4.49. The number of rotatable bonds is 13. The van der Waals surface area contributed by atoms with Gasteiger partial charge in [-0.2, -0.15) is 0 Å². The van der Waals surface area contributed by atoms with Crippen LogP contribution in [0.1, 0.15) is 58.1 Å². The average molecular weight is 557 g/mol. The van der Waals surface area contributed by atoms with E-state index in [2.05, 4.69) is 25.9 Å². The molecule has 5 nitrogen and oxygen atoms in total. The van der Waals surface area contributed by atoms with E-state index in [-0.39, 0.29) is 30.3 Å². The van der Waals surface area contributed by atoms with Gasteiger partial charge in [-0.15, -0.1) is 0 Å². The van der Waals surface area contributed by atoms with Gasteiger partial charge in [0.05, 0.1) is 6.61 Å². The van der Waals surface area contributed by atoms with Gasteiger partial charge >= 0.3 is 0 Å². The molecule has 0 saturated carbocycles. The number of carbonyl (C=O) groups is 2. The van der Waals surface area contributed by atoms with Gasteiger partial charge in [0.15, 0.2) is 11.6 Å². The molecule has 188 valence electrons. The van der Waals surface area contributed by atoms with Crippen molar-refractivity contribution >= 4 is 27.5 Å². The summed E-state index contributed by atoms with van der Waals surface area (Å²) >= 11 is 3.44. The summed E-state index contributed by atoms with van der Waals surface area (Å²) in [6.45, 7) is 0.704. The minimum absolute atomic E-state index is 0.0878. The van der Waals surface area contributed by atoms with Crippen LogP contribution in [-0.2, 0) is 0 Å². The Bertz CT molecular complexity index is 1220. The van der Waals surface area contributed by atoms with E-state index in [1.54, 1.807) is 48.8 Å². The SMILES string of the molecule is O=C(CC(CC(=O)c1ccccn1)c1ccc(-c2ccc(OCCCCBr)cc2)cc1)c1ccccn1. The van der Waals surface area contributed by atoms with Crippen LogP contribution in [0.15, 0.2) is 97.3 Å². The maximum absolute atomic E-state index is 13.0. The molecule has 0 aliphatic rings. The van der Waals surface area contributed by atoms with Gasteiger partial charge in [-0.25, -0.2) is 0 Å². The highest BCUT2D eigenvalue weighted by molar-refractivity contribution is 9.09. The van der Waals surface area contributed by atoms with Crippen molar-refractivity contribution in [3.8, 4) is 16.9 Å². The zero-order valence-electron chi connectivity index (χ0n) is 20.6. The smallest absolute Gasteiger partial charge is 0.181 e. The molecular weight excluding hydrogens is 528 g/mol. The number of hydrogen-bond acceptors (Lipinski definition) is 5. The molecule has 0 radical (unpaired) electrons. The summed E-state index contributed by atoms with van der Waals surface area (Å²) in [7, 11) is 0. The van der Waals surface area contributed by atoms with Crippen LogP contribution in [0.5, 0.6) is 5.75 Å². The number of hydrogen-bond donors (Lipinski definition) is 0. The molecule has 0 atom stereocenters. The van der Waals surface area contributed by atoms with Gasteiger partial charge in [0.2, 0.25) is 0 Å². The molecular formula is C31H29BrN2O3. The lowest BCUT2D eigenvalue weighted by Crippen LogP contribution is -2.14. The van der Waals surface area contributed by atoms with E-state index >= 15 is 0 Å². The number of benzene rings is 2. The van der Waals surface area contributed by atoms with E-state index in [9.17, 15) is 9.59 Å². The molecule has 2 aromatic carbocycles. The summed E-state index contributed by atoms with van der Waals surface area (Å²) < 4.78 is 5.80. The molecule has 0 amide bonds. The number of halogens is 1. The lowest BCUT2D eigenvalue weighted by atomic mass is 9.87. The largest absolute Gasteiger partial charge is 0.494 e. The minimum Gasteiger partial charge on any atom is -0.494 e. The molecule has 0 fully saturated rings. The van der Waals surface area contributed by atoms with Gasteiger partial charge < -0.3 is 4.74 Å². The number of Topliss-reactive ketones (excluding diaryl/α,β-unsaturated/α-hetero) is 2. The van der Waals surface area contributed by atoms with Crippen molar-refractivity contribution in [2.24, 2.45) is 0 Å². The first-order chi connectivity index (χ1) is 18.1. The Labute approximate surface area is 226 Å². The summed E-state index contributed by atoms with van der Waals surface area (Å²) in [6, 6.07) is 26.7. The van der Waals surface area contributed by atoms with Crippen LogP contribution in [0.4, 0.5) is 0 Å². The zero-order valence-corrected chi connectivity index (χ0v) is 22.1. The first-order valence-electron chi connectivity index (χ1n) is 12.4. The molecule has 0 N–H and O–H groups in total. The quantitative estimate of drug-likeness (QED) is 0.0979. The fourth-order valence-electron chi connectivity index (χ4n) is 4.10. The summed E-state index contributed by atoms with van der Waals surface area (Å²) in [6.07, 6.45) is 5.70. The van der Waals surface area contributed by atoms with E-state index in [4.69, 9.17) is 4.74 Å². The van der Waals surface area contributed by atoms with Crippen LogP contribution < -0.4 is 4.74 Å². The minimum atomic E-state index is -0.284. The van der Waals surface area contributed by atoms with Crippen LogP contribution in [-0.4, -0.2) is 33.5 Å². The van der Waals surface area contributed by atoms with Gasteiger partial charge in [-0.1, -0.05) is 64.5 Å². The number of unbranched alkanes of at least 4 members (excludes halogenated alkanes) is 1. The molecule has 0 unspecified atom stereocenters. The van der Waals surface area contributed by atoms with Crippen molar-refractivity contribution in [2.75, 3.05) is 11.9 Å². The molecule has 4 aromatic rings. The predicted molar refractivity (Wildman–Crippen MR) is 150 cm³/mol. The fraction of sp³-hybridized carbons (Fsp3) is 0.226. The molecule has 2 heterocycles. The second-order valence-electron chi connectivity index (χ2n) is 8.77. The summed E-state index contributed by atoms with van der Waals surface area (Å²) in [5, 5.41) is 0.987. The highest BCUT2D eigenvalue weighted by Crippen LogP contribution is 2.30. The Kier molecular flexibility index (Phi) is 9.72. The van der Waals surface area contributed by atoms with E-state index in [0.717, 1.165) is 40.6 Å². The Hall–Kier alpha value is -3.64. The van der Waals surface area contributed by atoms with E-state index in [1.807, 2.05) is 48.5 Å². The van der Waals surface area contributed by atoms with Gasteiger partial charge in [-0.3, -0.25) is 19.6 Å². The van der Waals surface area contributed by atoms with Crippen LogP contribution in [0.25, 0.3) is 11.1 Å². The summed E-state index contributed by atoms with van der Waals surface area (Å²) in [4.78, 5) is 34.3. The second-order valence-corrected chi connectivity index (χ2v) is 9.57. The molecule has 0 bridgehead atoms. The molecule has 37 heavy (non-hydrogen) atoms. The molecule has 2 aromatic heterocycles. The highest BCUT2D eigenvalue weighted by Gasteiger charge is 2.22. The number of aromatic nitrogens is 2. The Morgan fingerprint density at radius 1 is 0.703 bits per heavy atom. The normalized spacial score (nSPS) is 10.9. The van der Waals surface area contributed by atoms with Gasteiger partial charge in [0.1, 0.15) is 17.1 Å². The van der Waals surface area contributed by atoms with E-state index < -0.39 is 0 Å². The maximum Gasteiger partial charge on any atom is 0.181 e. The first kappa shape index (κ1) is 26.4. The molecule has 0 spiro atoms. The monoisotopic (exact) mass is 556 g/mol. The third kappa shape index (κ3) is 7.67. The number of nitrogens with zero attached hydrogens (tertiary/aromatic N) is 2. The van der Waals surface area contributed by atoms with Crippen molar-refractivity contribution in [2.45, 2.75) is 31.6 Å². The number of carbonyl (C=O) groups excluding carboxylic acids is 2. The van der Waals surface area contributed by atoms with Crippen LogP contribution in [0.3, 0.4) is 0 Å². The van der Waals surface area contributed by atoms with Crippen molar-refractivity contribution in [1.29, 1.82) is 0 Å². The number of ketones is 2. The second kappa shape index (κ2) is 13.6. The first-order valence-corrected chi connectivity index (χ1v) is 13.5. The highest BCUT2D eigenvalue weighted by atomic mass is 79.9. The Balaban J connectivity index is 1.49. The van der Waals surface area contributed by atoms with E-state index in [1.165, 1.54) is 0 Å². The van der Waals surface area contributed by atoms with Crippen molar-refractivity contribution < 1.29 is 14.3 Å². The lowest BCUT2D eigenvalue weighted by molar-refractivity contribution is 0.0939. The van der Waals surface area contributed by atoms with Crippen molar-refractivity contribution in [1.82, 2.24) is 9.97 Å². The molecule has 0 aliphatic heterocycles. The van der Waals surface area contributed by atoms with Crippen LogP contribution in [0.2, 0.25) is 0 Å². The van der Waals surface area contributed by atoms with Gasteiger partial charge in [0, 0.05) is 30.6 Å². The van der Waals surface area contributed by atoms with E-state index in [0.29, 0.717) is 18.0 Å². The standard InChI is InChI=1S/C31H29BrN2O3/c32-17-3-6-20-37-27-15-13-24(14-16-27)23-9-11-25(12-10-23)26(21-30(35)28-7-1-4-18-33-28)22-31(36)29-8-2-5-19-34-29/h1-2,4-5,7-16,18-19,26H,3,6,17,20-22H2. The Morgan fingerprint density at radius 3 is 1.73 bits per heavy atom. The summed E-state index contributed by atoms with van der Waals surface area (Å²) in [5.74, 6) is 0.398. The number of pyridine rings is 2. The average Bonchev–Trinajstić information content (AvgIpc) is 2.96. The van der Waals surface area contributed by atoms with Crippen LogP contribution >= 0.6 is 15.9 Å². The van der Waals surface area contributed by atoms with Crippen molar-refractivity contribution in [3.63, 3.8) is 0 Å². The summed E-state index contributed by atoms with van der Waals surface area (Å²) in [5.41, 5.74) is 3.88. The maximum atomic E-state index is 13.0. The molecule has 4 rings (SSSR count). The number of alkyl halides is 1. The zero-order chi connectivity index (χ0) is 25.9. The molecule has 6 heteroatoms. The Morgan fingerprint density at radius 2 is 1.24 bits per heavy atom. The van der Waals surface area contributed by atoms with Crippen molar-refractivity contribution in [3.05, 3.63) is 114 Å². The van der Waals surface area contributed by atoms with Crippen LogP contribution in [0, 0.1) is 0 Å².